The van der Waals surface area contributed by atoms with Crippen molar-refractivity contribution in [2.45, 2.75) is 97.2 Å². The lowest BCUT2D eigenvalue weighted by Gasteiger charge is -2.17. The van der Waals surface area contributed by atoms with Crippen LogP contribution in [-0.2, 0) is 23.9 Å². The molecule has 6 heteroatoms. The lowest BCUT2D eigenvalue weighted by molar-refractivity contribution is -0.147. The van der Waals surface area contributed by atoms with Crippen LogP contribution in [0.1, 0.15) is 102 Å². The Bertz CT molecular complexity index is 811. The molecule has 0 aliphatic rings. The van der Waals surface area contributed by atoms with Crippen molar-refractivity contribution in [1.29, 1.82) is 0 Å². The van der Waals surface area contributed by atoms with Gasteiger partial charge in [0.15, 0.2) is 0 Å². The van der Waals surface area contributed by atoms with Crippen LogP contribution in [0.4, 0.5) is 0 Å². The van der Waals surface area contributed by atoms with E-state index in [0.29, 0.717) is 12.8 Å². The summed E-state index contributed by atoms with van der Waals surface area (Å²) in [6.07, 6.45) is 15.7. The highest BCUT2D eigenvalue weighted by atomic mass is 16.5. The van der Waals surface area contributed by atoms with Crippen molar-refractivity contribution in [1.82, 2.24) is 0 Å². The summed E-state index contributed by atoms with van der Waals surface area (Å²) in [6.45, 7) is 4.98. The van der Waals surface area contributed by atoms with Crippen LogP contribution < -0.4 is 0 Å². The third-order valence-corrected chi connectivity index (χ3v) is 5.33. The predicted octanol–water partition coefficient (Wildman–Crippen LogP) is 6.80. The number of carbonyl (C=O) groups excluding carboxylic acids is 2. The number of hydrogen-bond acceptors (Lipinski definition) is 5. The maximum atomic E-state index is 11.5. The molecule has 1 N–H and O–H groups in total. The van der Waals surface area contributed by atoms with Crippen LogP contribution in [0.3, 0.4) is 0 Å². The molecule has 1 aromatic carbocycles. The SMILES string of the molecule is CCCCCCCCC(C=CC=Cc1cccc(C(CCCC(=O)O)OC(C)=O)c1)OC(C)=O. The molecule has 0 spiro atoms. The number of esters is 2. The van der Waals surface area contributed by atoms with Crippen LogP contribution in [0.15, 0.2) is 42.5 Å². The number of allylic oxidation sites excluding steroid dienone is 2. The summed E-state index contributed by atoms with van der Waals surface area (Å²) in [5.41, 5.74) is 1.75. The highest BCUT2D eigenvalue weighted by molar-refractivity contribution is 5.67. The van der Waals surface area contributed by atoms with E-state index in [-0.39, 0.29) is 18.5 Å². The average Bonchev–Trinajstić information content (AvgIpc) is 2.77. The van der Waals surface area contributed by atoms with Crippen molar-refractivity contribution >= 4 is 24.0 Å². The smallest absolute Gasteiger partial charge is 0.303 e. The van der Waals surface area contributed by atoms with Crippen molar-refractivity contribution in [3.8, 4) is 0 Å². The summed E-state index contributed by atoms with van der Waals surface area (Å²) < 4.78 is 10.8. The maximum Gasteiger partial charge on any atom is 0.303 e. The quantitative estimate of drug-likeness (QED) is 0.152. The molecule has 0 fully saturated rings. The molecule has 34 heavy (non-hydrogen) atoms. The highest BCUT2D eigenvalue weighted by Gasteiger charge is 2.15. The predicted molar refractivity (Wildman–Crippen MR) is 134 cm³/mol. The average molecular weight is 473 g/mol. The molecule has 0 aliphatic carbocycles. The Morgan fingerprint density at radius 3 is 2.29 bits per heavy atom. The van der Waals surface area contributed by atoms with Gasteiger partial charge in [-0.25, -0.2) is 0 Å². The van der Waals surface area contributed by atoms with Crippen LogP contribution in [0.2, 0.25) is 0 Å². The molecule has 0 bridgehead atoms. The Morgan fingerprint density at radius 2 is 1.62 bits per heavy atom. The van der Waals surface area contributed by atoms with Crippen LogP contribution in [-0.4, -0.2) is 29.1 Å². The summed E-state index contributed by atoms with van der Waals surface area (Å²) in [7, 11) is 0. The summed E-state index contributed by atoms with van der Waals surface area (Å²) in [4.78, 5) is 33.7. The molecule has 0 radical (unpaired) electrons. The first-order chi connectivity index (χ1) is 16.3. The number of carboxylic acids is 1. The van der Waals surface area contributed by atoms with Gasteiger partial charge in [0.05, 0.1) is 0 Å². The molecule has 0 saturated heterocycles. The molecule has 0 heterocycles. The zero-order chi connectivity index (χ0) is 25.2. The number of aliphatic carboxylic acids is 1. The second kappa shape index (κ2) is 17.6. The molecular weight excluding hydrogens is 432 g/mol. The van der Waals surface area contributed by atoms with E-state index in [1.807, 2.05) is 48.6 Å². The minimum absolute atomic E-state index is 0.0321. The summed E-state index contributed by atoms with van der Waals surface area (Å²) >= 11 is 0. The molecule has 0 aromatic heterocycles. The van der Waals surface area contributed by atoms with Gasteiger partial charge in [-0.2, -0.15) is 0 Å². The molecule has 1 aromatic rings. The molecular formula is C28H40O6. The van der Waals surface area contributed by atoms with E-state index in [4.69, 9.17) is 14.6 Å². The van der Waals surface area contributed by atoms with E-state index < -0.39 is 18.0 Å². The zero-order valence-corrected chi connectivity index (χ0v) is 20.8. The molecule has 2 atom stereocenters. The summed E-state index contributed by atoms with van der Waals surface area (Å²) in [6, 6.07) is 7.62. The number of ether oxygens (including phenoxy) is 2. The minimum Gasteiger partial charge on any atom is -0.481 e. The van der Waals surface area contributed by atoms with Gasteiger partial charge in [0.1, 0.15) is 12.2 Å². The van der Waals surface area contributed by atoms with Crippen molar-refractivity contribution in [2.24, 2.45) is 0 Å². The van der Waals surface area contributed by atoms with Gasteiger partial charge in [0, 0.05) is 20.3 Å². The third kappa shape index (κ3) is 14.3. The number of hydrogen-bond donors (Lipinski definition) is 1. The van der Waals surface area contributed by atoms with Gasteiger partial charge in [0.25, 0.3) is 0 Å². The topological polar surface area (TPSA) is 89.9 Å². The number of carboxylic acid groups (broad SMARTS) is 1. The summed E-state index contributed by atoms with van der Waals surface area (Å²) in [5.74, 6) is -1.54. The Labute approximate surface area is 204 Å². The van der Waals surface area contributed by atoms with Gasteiger partial charge < -0.3 is 14.6 Å². The van der Waals surface area contributed by atoms with Gasteiger partial charge in [-0.1, -0.05) is 75.5 Å². The lowest BCUT2D eigenvalue weighted by Crippen LogP contribution is -2.13. The molecule has 2 unspecified atom stereocenters. The van der Waals surface area contributed by atoms with Gasteiger partial charge in [-0.3, -0.25) is 14.4 Å². The first-order valence-corrected chi connectivity index (χ1v) is 12.3. The maximum absolute atomic E-state index is 11.5. The first kappa shape index (κ1) is 29.1. The Kier molecular flexibility index (Phi) is 15.1. The van der Waals surface area contributed by atoms with Crippen LogP contribution in [0, 0.1) is 0 Å². The van der Waals surface area contributed by atoms with E-state index in [1.165, 1.54) is 39.5 Å². The van der Waals surface area contributed by atoms with E-state index in [1.54, 1.807) is 0 Å². The lowest BCUT2D eigenvalue weighted by atomic mass is 10.0. The fourth-order valence-corrected chi connectivity index (χ4v) is 3.68. The van der Waals surface area contributed by atoms with Crippen molar-refractivity contribution in [3.05, 3.63) is 53.6 Å². The van der Waals surface area contributed by atoms with Gasteiger partial charge >= 0.3 is 17.9 Å². The Hall–Kier alpha value is -2.89. The minimum atomic E-state index is -0.867. The van der Waals surface area contributed by atoms with Gasteiger partial charge in [-0.05, 0) is 49.0 Å². The fraction of sp³-hybridized carbons (Fsp3) is 0.536. The molecule has 188 valence electrons. The Balaban J connectivity index is 2.72. The molecule has 0 aliphatic heterocycles. The second-order valence-corrected chi connectivity index (χ2v) is 8.50. The van der Waals surface area contributed by atoms with Crippen LogP contribution in [0.25, 0.3) is 6.08 Å². The monoisotopic (exact) mass is 472 g/mol. The van der Waals surface area contributed by atoms with Crippen molar-refractivity contribution in [2.75, 3.05) is 0 Å². The Morgan fingerprint density at radius 1 is 0.912 bits per heavy atom. The zero-order valence-electron chi connectivity index (χ0n) is 20.8. The van der Waals surface area contributed by atoms with Crippen LogP contribution >= 0.6 is 0 Å². The van der Waals surface area contributed by atoms with E-state index >= 15 is 0 Å². The van der Waals surface area contributed by atoms with Crippen molar-refractivity contribution < 1.29 is 29.0 Å². The van der Waals surface area contributed by atoms with E-state index in [2.05, 4.69) is 6.92 Å². The van der Waals surface area contributed by atoms with E-state index in [9.17, 15) is 14.4 Å². The summed E-state index contributed by atoms with van der Waals surface area (Å²) in [5, 5.41) is 8.87. The number of benzene rings is 1. The number of carbonyl (C=O) groups is 3. The second-order valence-electron chi connectivity index (χ2n) is 8.50. The van der Waals surface area contributed by atoms with Gasteiger partial charge in [-0.15, -0.1) is 0 Å². The highest BCUT2D eigenvalue weighted by Crippen LogP contribution is 2.25. The normalized spacial score (nSPS) is 13.1. The molecule has 1 rings (SSSR count). The van der Waals surface area contributed by atoms with E-state index in [0.717, 1.165) is 30.4 Å². The van der Waals surface area contributed by atoms with Gasteiger partial charge in [0.2, 0.25) is 0 Å². The fourth-order valence-electron chi connectivity index (χ4n) is 3.68. The molecule has 0 amide bonds. The number of unbranched alkanes of at least 4 members (excludes halogenated alkanes) is 5. The third-order valence-electron chi connectivity index (χ3n) is 5.33. The first-order valence-electron chi connectivity index (χ1n) is 12.3. The van der Waals surface area contributed by atoms with Crippen LogP contribution in [0.5, 0.6) is 0 Å². The largest absolute Gasteiger partial charge is 0.481 e. The van der Waals surface area contributed by atoms with Crippen molar-refractivity contribution in [3.63, 3.8) is 0 Å². The molecule has 6 nitrogen and oxygen atoms in total. The molecule has 0 saturated carbocycles. The number of rotatable bonds is 17. The standard InChI is InChI=1S/C28H40O6/c1-4-5-6-7-8-9-17-26(33-22(2)29)18-11-10-14-24-15-12-16-25(21-24)27(34-23(3)30)19-13-20-28(31)32/h10-12,14-16,18,21,26-27H,4-9,13,17,19-20H2,1-3H3,(H,31,32).